The number of thiophene rings is 1. The lowest BCUT2D eigenvalue weighted by molar-refractivity contribution is -0.117. The van der Waals surface area contributed by atoms with E-state index < -0.39 is 0 Å². The van der Waals surface area contributed by atoms with Crippen LogP contribution in [0.25, 0.3) is 6.08 Å². The monoisotopic (exact) mass is 428 g/mol. The Hall–Kier alpha value is -2.05. The fourth-order valence-electron chi connectivity index (χ4n) is 3.37. The maximum absolute atomic E-state index is 12.8. The smallest absolute Gasteiger partial charge is 0.267 e. The number of hydrogen-bond donors (Lipinski definition) is 2. The second kappa shape index (κ2) is 11.2. The highest BCUT2D eigenvalue weighted by Crippen LogP contribution is 2.27. The second-order valence-electron chi connectivity index (χ2n) is 7.28. The van der Waals surface area contributed by atoms with Crippen LogP contribution in [-0.2, 0) is 4.79 Å². The number of aryl methyl sites for hydroxylation is 1. The summed E-state index contributed by atoms with van der Waals surface area (Å²) in [6.45, 7) is 2.54. The van der Waals surface area contributed by atoms with Crippen LogP contribution in [0.4, 0.5) is 0 Å². The van der Waals surface area contributed by atoms with Gasteiger partial charge in [0.1, 0.15) is 5.70 Å². The summed E-state index contributed by atoms with van der Waals surface area (Å²) in [7, 11) is 0. The summed E-state index contributed by atoms with van der Waals surface area (Å²) in [5, 5.41) is 8.44. The number of benzene rings is 1. The van der Waals surface area contributed by atoms with Gasteiger partial charge in [0.15, 0.2) is 0 Å². The summed E-state index contributed by atoms with van der Waals surface area (Å²) in [5.41, 5.74) is 1.83. The van der Waals surface area contributed by atoms with Crippen LogP contribution in [0.5, 0.6) is 0 Å². The van der Waals surface area contributed by atoms with Crippen LogP contribution in [0.2, 0.25) is 0 Å². The van der Waals surface area contributed by atoms with Crippen molar-refractivity contribution in [1.82, 2.24) is 10.6 Å². The SMILES string of the molecule is Cc1cccc(C(=O)N/C(=C\c2cccs2)C(=O)NCCSC2CCCCC2)c1. The Morgan fingerprint density at radius 1 is 1.17 bits per heavy atom. The van der Waals surface area contributed by atoms with Gasteiger partial charge in [-0.25, -0.2) is 0 Å². The topological polar surface area (TPSA) is 58.2 Å². The highest BCUT2D eigenvalue weighted by Gasteiger charge is 2.16. The minimum atomic E-state index is -0.275. The van der Waals surface area contributed by atoms with Crippen LogP contribution < -0.4 is 10.6 Å². The van der Waals surface area contributed by atoms with Gasteiger partial charge in [-0.2, -0.15) is 11.8 Å². The van der Waals surface area contributed by atoms with E-state index in [9.17, 15) is 9.59 Å². The van der Waals surface area contributed by atoms with Gasteiger partial charge in [0.05, 0.1) is 0 Å². The Kier molecular flexibility index (Phi) is 8.38. The van der Waals surface area contributed by atoms with Crippen LogP contribution >= 0.6 is 23.1 Å². The van der Waals surface area contributed by atoms with Crippen molar-refractivity contribution in [2.45, 2.75) is 44.3 Å². The molecule has 1 aromatic carbocycles. The Morgan fingerprint density at radius 3 is 2.72 bits per heavy atom. The number of thioether (sulfide) groups is 1. The number of rotatable bonds is 8. The molecule has 0 unspecified atom stereocenters. The molecule has 3 rings (SSSR count). The average molecular weight is 429 g/mol. The second-order valence-corrected chi connectivity index (χ2v) is 9.67. The molecule has 2 amide bonds. The van der Waals surface area contributed by atoms with Crippen molar-refractivity contribution < 1.29 is 9.59 Å². The molecule has 1 fully saturated rings. The molecule has 2 aromatic rings. The zero-order valence-electron chi connectivity index (χ0n) is 16.8. The molecule has 1 aromatic heterocycles. The summed E-state index contributed by atoms with van der Waals surface area (Å²) in [6, 6.07) is 11.2. The first-order valence-electron chi connectivity index (χ1n) is 10.1. The molecule has 29 heavy (non-hydrogen) atoms. The quantitative estimate of drug-likeness (QED) is 0.459. The predicted molar refractivity (Wildman–Crippen MR) is 123 cm³/mol. The third-order valence-corrected chi connectivity index (χ3v) is 7.10. The van der Waals surface area contributed by atoms with Gasteiger partial charge in [-0.1, -0.05) is 43.0 Å². The molecule has 1 aliphatic rings. The first-order chi connectivity index (χ1) is 14.1. The largest absolute Gasteiger partial charge is 0.350 e. The fourth-order valence-corrected chi connectivity index (χ4v) is 5.25. The van der Waals surface area contributed by atoms with Gasteiger partial charge in [-0.15, -0.1) is 11.3 Å². The molecule has 6 heteroatoms. The highest BCUT2D eigenvalue weighted by atomic mass is 32.2. The molecule has 0 atom stereocenters. The van der Waals surface area contributed by atoms with Crippen molar-refractivity contribution in [2.24, 2.45) is 0 Å². The van der Waals surface area contributed by atoms with Crippen LogP contribution in [-0.4, -0.2) is 29.4 Å². The zero-order valence-corrected chi connectivity index (χ0v) is 18.4. The van der Waals surface area contributed by atoms with E-state index in [0.717, 1.165) is 21.4 Å². The predicted octanol–water partition coefficient (Wildman–Crippen LogP) is 5.01. The zero-order chi connectivity index (χ0) is 20.5. The maximum Gasteiger partial charge on any atom is 0.267 e. The van der Waals surface area contributed by atoms with Gasteiger partial charge >= 0.3 is 0 Å². The fraction of sp³-hybridized carbons (Fsp3) is 0.391. The maximum atomic E-state index is 12.8. The molecular formula is C23H28N2O2S2. The molecule has 1 heterocycles. The number of carbonyl (C=O) groups is 2. The summed E-state index contributed by atoms with van der Waals surface area (Å²) >= 11 is 3.48. The van der Waals surface area contributed by atoms with Crippen molar-refractivity contribution in [1.29, 1.82) is 0 Å². The summed E-state index contributed by atoms with van der Waals surface area (Å²) < 4.78 is 0. The average Bonchev–Trinajstić information content (AvgIpc) is 3.24. The van der Waals surface area contributed by atoms with Gasteiger partial charge in [-0.05, 0) is 49.4 Å². The molecule has 0 aliphatic heterocycles. The van der Waals surface area contributed by atoms with Gasteiger partial charge in [0.2, 0.25) is 0 Å². The van der Waals surface area contributed by atoms with Crippen molar-refractivity contribution in [2.75, 3.05) is 12.3 Å². The number of carbonyl (C=O) groups excluding carboxylic acids is 2. The highest BCUT2D eigenvalue weighted by molar-refractivity contribution is 7.99. The third kappa shape index (κ3) is 7.05. The number of amides is 2. The van der Waals surface area contributed by atoms with Crippen LogP contribution in [0.3, 0.4) is 0 Å². The third-order valence-electron chi connectivity index (χ3n) is 4.90. The summed E-state index contributed by atoms with van der Waals surface area (Å²) in [4.78, 5) is 26.3. The summed E-state index contributed by atoms with van der Waals surface area (Å²) in [5.74, 6) is 0.376. The van der Waals surface area contributed by atoms with E-state index in [1.807, 2.05) is 54.4 Å². The van der Waals surface area contributed by atoms with Gasteiger partial charge in [0.25, 0.3) is 11.8 Å². The van der Waals surface area contributed by atoms with Crippen LogP contribution in [0.15, 0.2) is 47.5 Å². The van der Waals surface area contributed by atoms with Crippen LogP contribution in [0.1, 0.15) is 52.9 Å². The molecule has 4 nitrogen and oxygen atoms in total. The Bertz CT molecular complexity index is 840. The van der Waals surface area contributed by atoms with Gasteiger partial charge in [0, 0.05) is 28.0 Å². The van der Waals surface area contributed by atoms with Gasteiger partial charge < -0.3 is 10.6 Å². The normalized spacial score (nSPS) is 15.1. The van der Waals surface area contributed by atoms with E-state index in [1.54, 1.807) is 12.1 Å². The Morgan fingerprint density at radius 2 is 2.00 bits per heavy atom. The van der Waals surface area contributed by atoms with E-state index in [4.69, 9.17) is 0 Å². The molecule has 1 saturated carbocycles. The Labute approximate surface area is 181 Å². The first kappa shape index (κ1) is 21.7. The van der Waals surface area contributed by atoms with Crippen molar-refractivity contribution in [3.05, 3.63) is 63.5 Å². The molecule has 0 saturated heterocycles. The molecular weight excluding hydrogens is 400 g/mol. The minimum Gasteiger partial charge on any atom is -0.350 e. The number of hydrogen-bond acceptors (Lipinski definition) is 4. The Balaban J connectivity index is 1.59. The summed E-state index contributed by atoms with van der Waals surface area (Å²) in [6.07, 6.45) is 8.31. The molecule has 0 bridgehead atoms. The van der Waals surface area contributed by atoms with E-state index in [1.165, 1.54) is 43.4 Å². The molecule has 2 N–H and O–H groups in total. The van der Waals surface area contributed by atoms with E-state index >= 15 is 0 Å². The standard InChI is InChI=1S/C23H28N2O2S2/c1-17-7-5-8-18(15-17)22(26)25-21(16-20-11-6-13-28-20)23(27)24-12-14-29-19-9-3-2-4-10-19/h5-8,11,13,15-16,19H,2-4,9-10,12,14H2,1H3,(H,24,27)(H,25,26)/b21-16-. The lowest BCUT2D eigenvalue weighted by Gasteiger charge is -2.21. The van der Waals surface area contributed by atoms with Crippen molar-refractivity contribution >= 4 is 41.0 Å². The number of nitrogens with one attached hydrogen (secondary N) is 2. The molecule has 0 spiro atoms. The van der Waals surface area contributed by atoms with Crippen LogP contribution in [0, 0.1) is 6.92 Å². The first-order valence-corrected chi connectivity index (χ1v) is 12.1. The molecule has 154 valence electrons. The minimum absolute atomic E-state index is 0.247. The van der Waals surface area contributed by atoms with Crippen molar-refractivity contribution in [3.8, 4) is 0 Å². The van der Waals surface area contributed by atoms with E-state index in [-0.39, 0.29) is 17.5 Å². The lowest BCUT2D eigenvalue weighted by Crippen LogP contribution is -2.36. The van der Waals surface area contributed by atoms with E-state index in [2.05, 4.69) is 10.6 Å². The molecule has 0 radical (unpaired) electrons. The van der Waals surface area contributed by atoms with Crippen molar-refractivity contribution in [3.63, 3.8) is 0 Å². The van der Waals surface area contributed by atoms with Gasteiger partial charge in [-0.3, -0.25) is 9.59 Å². The lowest BCUT2D eigenvalue weighted by atomic mass is 10.0. The van der Waals surface area contributed by atoms with E-state index in [0.29, 0.717) is 12.1 Å². The molecule has 1 aliphatic carbocycles.